The fourth-order valence-corrected chi connectivity index (χ4v) is 2.11. The van der Waals surface area contributed by atoms with Crippen LogP contribution in [0, 0.1) is 0 Å². The van der Waals surface area contributed by atoms with Gasteiger partial charge >= 0.3 is 0 Å². The second kappa shape index (κ2) is 7.01. The average molecular weight is 275 g/mol. The summed E-state index contributed by atoms with van der Waals surface area (Å²) in [5.74, 6) is 2.69. The maximum Gasteiger partial charge on any atom is 0.123 e. The van der Waals surface area contributed by atoms with Crippen molar-refractivity contribution < 1.29 is 13.9 Å². The Morgan fingerprint density at radius 1 is 1.20 bits per heavy atom. The third kappa shape index (κ3) is 3.78. The number of hydrogen-bond donors (Lipinski definition) is 1. The molecule has 0 aliphatic heterocycles. The van der Waals surface area contributed by atoms with E-state index in [1.54, 1.807) is 20.5 Å². The number of benzene rings is 1. The molecule has 0 spiro atoms. The van der Waals surface area contributed by atoms with E-state index in [9.17, 15) is 0 Å². The topological polar surface area (TPSA) is 43.6 Å². The van der Waals surface area contributed by atoms with Crippen molar-refractivity contribution in [1.29, 1.82) is 0 Å². The number of nitrogens with one attached hydrogen (secondary N) is 1. The molecule has 20 heavy (non-hydrogen) atoms. The highest BCUT2D eigenvalue weighted by Gasteiger charge is 2.09. The van der Waals surface area contributed by atoms with Crippen LogP contribution in [-0.4, -0.2) is 20.3 Å². The molecule has 108 valence electrons. The van der Waals surface area contributed by atoms with Crippen molar-refractivity contribution in [3.63, 3.8) is 0 Å². The van der Waals surface area contributed by atoms with Gasteiger partial charge in [0.1, 0.15) is 17.3 Å². The fraction of sp³-hybridized carbons (Fsp3) is 0.375. The van der Waals surface area contributed by atoms with Gasteiger partial charge in [-0.2, -0.15) is 0 Å². The summed E-state index contributed by atoms with van der Waals surface area (Å²) in [6.07, 6.45) is 2.56. The number of hydrogen-bond acceptors (Lipinski definition) is 4. The third-order valence-electron chi connectivity index (χ3n) is 3.22. The van der Waals surface area contributed by atoms with Gasteiger partial charge in [-0.25, -0.2) is 0 Å². The Morgan fingerprint density at radius 3 is 2.70 bits per heavy atom. The number of furan rings is 1. The molecule has 0 aliphatic rings. The summed E-state index contributed by atoms with van der Waals surface area (Å²) in [5.41, 5.74) is 1.08. The van der Waals surface area contributed by atoms with Crippen LogP contribution < -0.4 is 14.8 Å². The highest BCUT2D eigenvalue weighted by atomic mass is 16.5. The summed E-state index contributed by atoms with van der Waals surface area (Å²) >= 11 is 0. The Morgan fingerprint density at radius 2 is 2.05 bits per heavy atom. The fourth-order valence-electron chi connectivity index (χ4n) is 2.11. The largest absolute Gasteiger partial charge is 0.497 e. The maximum atomic E-state index is 5.37. The lowest BCUT2D eigenvalue weighted by Crippen LogP contribution is -2.27. The van der Waals surface area contributed by atoms with E-state index in [0.717, 1.165) is 35.8 Å². The SMILES string of the molecule is COc1ccc(OC)c(CNC(C)Cc2ccco2)c1. The summed E-state index contributed by atoms with van der Waals surface area (Å²) < 4.78 is 16.0. The molecule has 4 heteroatoms. The normalized spacial score (nSPS) is 12.2. The maximum absolute atomic E-state index is 5.37. The first-order valence-electron chi connectivity index (χ1n) is 6.69. The van der Waals surface area contributed by atoms with Crippen LogP contribution in [0.15, 0.2) is 41.0 Å². The molecule has 0 amide bonds. The lowest BCUT2D eigenvalue weighted by molar-refractivity contribution is 0.394. The summed E-state index contributed by atoms with van der Waals surface area (Å²) in [7, 11) is 3.34. The van der Waals surface area contributed by atoms with Crippen molar-refractivity contribution >= 4 is 0 Å². The number of ether oxygens (including phenoxy) is 2. The second-order valence-corrected chi connectivity index (χ2v) is 4.74. The quantitative estimate of drug-likeness (QED) is 0.843. The Hall–Kier alpha value is -1.94. The van der Waals surface area contributed by atoms with Crippen molar-refractivity contribution in [2.75, 3.05) is 14.2 Å². The summed E-state index contributed by atoms with van der Waals surface area (Å²) in [6.45, 7) is 2.86. The molecule has 1 N–H and O–H groups in total. The van der Waals surface area contributed by atoms with Crippen molar-refractivity contribution in [3.05, 3.63) is 47.9 Å². The van der Waals surface area contributed by atoms with Gasteiger partial charge < -0.3 is 19.2 Å². The first-order valence-corrected chi connectivity index (χ1v) is 6.69. The van der Waals surface area contributed by atoms with Gasteiger partial charge in [0.15, 0.2) is 0 Å². The highest BCUT2D eigenvalue weighted by molar-refractivity contribution is 5.40. The lowest BCUT2D eigenvalue weighted by atomic mass is 10.1. The van der Waals surface area contributed by atoms with Gasteiger partial charge in [-0.05, 0) is 37.3 Å². The van der Waals surface area contributed by atoms with E-state index in [-0.39, 0.29) is 0 Å². The van der Waals surface area contributed by atoms with Gasteiger partial charge in [0.25, 0.3) is 0 Å². The molecule has 1 aromatic carbocycles. The van der Waals surface area contributed by atoms with E-state index < -0.39 is 0 Å². The van der Waals surface area contributed by atoms with E-state index in [2.05, 4.69) is 12.2 Å². The molecule has 2 aromatic rings. The Kier molecular flexibility index (Phi) is 5.07. The van der Waals surface area contributed by atoms with Crippen LogP contribution in [0.25, 0.3) is 0 Å². The van der Waals surface area contributed by atoms with E-state index in [1.807, 2.05) is 30.3 Å². The third-order valence-corrected chi connectivity index (χ3v) is 3.22. The van der Waals surface area contributed by atoms with Gasteiger partial charge in [0.2, 0.25) is 0 Å². The van der Waals surface area contributed by atoms with Crippen molar-refractivity contribution in [2.45, 2.75) is 25.9 Å². The predicted molar refractivity (Wildman–Crippen MR) is 78.3 cm³/mol. The minimum atomic E-state index is 0.317. The van der Waals surface area contributed by atoms with E-state index in [1.165, 1.54) is 0 Å². The first kappa shape index (κ1) is 14.5. The Bertz CT molecular complexity index is 523. The van der Waals surface area contributed by atoms with E-state index in [4.69, 9.17) is 13.9 Å². The summed E-state index contributed by atoms with van der Waals surface area (Å²) in [4.78, 5) is 0. The van der Waals surface area contributed by atoms with Crippen molar-refractivity contribution in [3.8, 4) is 11.5 Å². The van der Waals surface area contributed by atoms with Gasteiger partial charge in [-0.15, -0.1) is 0 Å². The van der Waals surface area contributed by atoms with Crippen LogP contribution in [0.2, 0.25) is 0 Å². The molecule has 1 aromatic heterocycles. The highest BCUT2D eigenvalue weighted by Crippen LogP contribution is 2.23. The van der Waals surface area contributed by atoms with Crippen LogP contribution in [0.4, 0.5) is 0 Å². The summed E-state index contributed by atoms with van der Waals surface area (Å²) in [5, 5.41) is 3.47. The molecule has 1 heterocycles. The average Bonchev–Trinajstić information content (AvgIpc) is 2.97. The molecule has 0 bridgehead atoms. The monoisotopic (exact) mass is 275 g/mol. The van der Waals surface area contributed by atoms with Gasteiger partial charge in [0, 0.05) is 24.6 Å². The number of rotatable bonds is 7. The lowest BCUT2D eigenvalue weighted by Gasteiger charge is -2.15. The van der Waals surface area contributed by atoms with Gasteiger partial charge in [-0.1, -0.05) is 0 Å². The smallest absolute Gasteiger partial charge is 0.123 e. The van der Waals surface area contributed by atoms with E-state index in [0.29, 0.717) is 6.04 Å². The number of methoxy groups -OCH3 is 2. The molecule has 4 nitrogen and oxygen atoms in total. The van der Waals surface area contributed by atoms with Crippen LogP contribution in [0.1, 0.15) is 18.2 Å². The summed E-state index contributed by atoms with van der Waals surface area (Å²) in [6, 6.07) is 10.0. The van der Waals surface area contributed by atoms with Gasteiger partial charge in [-0.3, -0.25) is 0 Å². The van der Waals surface area contributed by atoms with Gasteiger partial charge in [0.05, 0.1) is 20.5 Å². The zero-order valence-corrected chi connectivity index (χ0v) is 12.2. The molecule has 0 radical (unpaired) electrons. The molecule has 0 fully saturated rings. The molecular weight excluding hydrogens is 254 g/mol. The van der Waals surface area contributed by atoms with Crippen LogP contribution >= 0.6 is 0 Å². The molecule has 0 saturated carbocycles. The van der Waals surface area contributed by atoms with Crippen LogP contribution in [0.5, 0.6) is 11.5 Å². The first-order chi connectivity index (χ1) is 9.72. The zero-order chi connectivity index (χ0) is 14.4. The van der Waals surface area contributed by atoms with E-state index >= 15 is 0 Å². The van der Waals surface area contributed by atoms with Crippen molar-refractivity contribution in [1.82, 2.24) is 5.32 Å². The van der Waals surface area contributed by atoms with Crippen molar-refractivity contribution in [2.24, 2.45) is 0 Å². The van der Waals surface area contributed by atoms with Crippen LogP contribution in [0.3, 0.4) is 0 Å². The molecule has 2 rings (SSSR count). The standard InChI is InChI=1S/C16H21NO3/c1-12(9-15-5-4-8-20-15)17-11-13-10-14(18-2)6-7-16(13)19-3/h4-8,10,12,17H,9,11H2,1-3H3. The minimum absolute atomic E-state index is 0.317. The Balaban J connectivity index is 1.95. The molecule has 1 unspecified atom stereocenters. The molecular formula is C16H21NO3. The van der Waals surface area contributed by atoms with Crippen LogP contribution in [-0.2, 0) is 13.0 Å². The molecule has 1 atom stereocenters. The molecule has 0 saturated heterocycles. The second-order valence-electron chi connectivity index (χ2n) is 4.74. The predicted octanol–water partition coefficient (Wildman–Crippen LogP) is 3.02. The minimum Gasteiger partial charge on any atom is -0.497 e. The zero-order valence-electron chi connectivity index (χ0n) is 12.2. The molecule has 0 aliphatic carbocycles. The Labute approximate surface area is 119 Å².